The van der Waals surface area contributed by atoms with Crippen LogP contribution in [0.5, 0.6) is 0 Å². The van der Waals surface area contributed by atoms with E-state index in [1.54, 1.807) is 4.68 Å². The van der Waals surface area contributed by atoms with Gasteiger partial charge in [-0.2, -0.15) is 5.10 Å². The lowest BCUT2D eigenvalue weighted by atomic mass is 10.3. The summed E-state index contributed by atoms with van der Waals surface area (Å²) in [6.45, 7) is 0.623. The lowest BCUT2D eigenvalue weighted by Gasteiger charge is -2.07. The van der Waals surface area contributed by atoms with Crippen molar-refractivity contribution in [1.29, 1.82) is 0 Å². The fourth-order valence-corrected chi connectivity index (χ4v) is 2.26. The Kier molecular flexibility index (Phi) is 4.05. The van der Waals surface area contributed by atoms with E-state index in [0.717, 1.165) is 15.5 Å². The molecule has 0 saturated heterocycles. The van der Waals surface area contributed by atoms with Gasteiger partial charge in [-0.3, -0.25) is 18.8 Å². The molecule has 0 unspecified atom stereocenters. The van der Waals surface area contributed by atoms with Crippen LogP contribution in [-0.2, 0) is 17.9 Å². The Morgan fingerprint density at radius 2 is 2.13 bits per heavy atom. The molecular weight excluding hydrogens is 298 g/mol. The molecule has 2 N–H and O–H groups in total. The molecule has 23 heavy (non-hydrogen) atoms. The summed E-state index contributed by atoms with van der Waals surface area (Å²) in [5.74, 6) is -0.946. The maximum Gasteiger partial charge on any atom is 0.323 e. The maximum atomic E-state index is 12.0. The van der Waals surface area contributed by atoms with E-state index in [-0.39, 0.29) is 12.4 Å². The molecule has 8 heteroatoms. The number of nitrogens with zero attached hydrogens (tertiary/aromatic N) is 4. The summed E-state index contributed by atoms with van der Waals surface area (Å²) in [6, 6.07) is 7.79. The molecule has 8 nitrogen and oxygen atoms in total. The quantitative estimate of drug-likeness (QED) is 0.697. The molecule has 2 aromatic heterocycles. The van der Waals surface area contributed by atoms with E-state index in [1.807, 2.05) is 30.5 Å². The van der Waals surface area contributed by atoms with Crippen molar-refractivity contribution in [2.45, 2.75) is 13.1 Å². The van der Waals surface area contributed by atoms with E-state index in [9.17, 15) is 9.59 Å². The third-order valence-electron chi connectivity index (χ3n) is 3.31. The fraction of sp³-hybridized carbons (Fsp3) is 0.200. The SMILES string of the molecule is O=C(O)Cn1ccnc(NCCn2cc3ccccc3n2)c1=O. The molecule has 0 bridgehead atoms. The first-order chi connectivity index (χ1) is 11.1. The molecule has 118 valence electrons. The predicted octanol–water partition coefficient (Wildman–Crippen LogP) is 0.790. The van der Waals surface area contributed by atoms with Crippen LogP contribution in [-0.4, -0.2) is 37.0 Å². The van der Waals surface area contributed by atoms with Crippen molar-refractivity contribution >= 4 is 22.7 Å². The van der Waals surface area contributed by atoms with Crippen molar-refractivity contribution in [3.05, 3.63) is 53.2 Å². The number of anilines is 1. The van der Waals surface area contributed by atoms with E-state index < -0.39 is 11.5 Å². The largest absolute Gasteiger partial charge is 0.480 e. The summed E-state index contributed by atoms with van der Waals surface area (Å²) in [7, 11) is 0. The minimum atomic E-state index is -1.08. The molecule has 2 heterocycles. The highest BCUT2D eigenvalue weighted by atomic mass is 16.4. The zero-order chi connectivity index (χ0) is 16.2. The lowest BCUT2D eigenvalue weighted by Crippen LogP contribution is -2.28. The molecule has 0 amide bonds. The zero-order valence-corrected chi connectivity index (χ0v) is 12.2. The molecule has 0 aliphatic carbocycles. The highest BCUT2D eigenvalue weighted by Gasteiger charge is 2.07. The highest BCUT2D eigenvalue weighted by molar-refractivity contribution is 5.77. The van der Waals surface area contributed by atoms with Crippen LogP contribution in [0.25, 0.3) is 10.9 Å². The minimum absolute atomic E-state index is 0.130. The number of carbonyl (C=O) groups is 1. The van der Waals surface area contributed by atoms with E-state index in [1.165, 1.54) is 12.4 Å². The van der Waals surface area contributed by atoms with E-state index in [2.05, 4.69) is 15.4 Å². The number of carboxylic acid groups (broad SMARTS) is 1. The van der Waals surface area contributed by atoms with E-state index in [4.69, 9.17) is 5.11 Å². The first-order valence-electron chi connectivity index (χ1n) is 7.07. The van der Waals surface area contributed by atoms with Crippen molar-refractivity contribution in [1.82, 2.24) is 19.3 Å². The second-order valence-electron chi connectivity index (χ2n) is 4.98. The van der Waals surface area contributed by atoms with Gasteiger partial charge in [0.1, 0.15) is 6.54 Å². The number of fused-ring (bicyclic) bond motifs is 1. The van der Waals surface area contributed by atoms with Crippen LogP contribution >= 0.6 is 0 Å². The van der Waals surface area contributed by atoms with Gasteiger partial charge in [0.2, 0.25) is 0 Å². The molecule has 0 spiro atoms. The summed E-state index contributed by atoms with van der Waals surface area (Å²) < 4.78 is 2.89. The van der Waals surface area contributed by atoms with Crippen LogP contribution in [0.2, 0.25) is 0 Å². The number of benzene rings is 1. The molecule has 0 saturated carbocycles. The molecule has 3 rings (SSSR count). The van der Waals surface area contributed by atoms with Gasteiger partial charge in [-0.25, -0.2) is 4.98 Å². The minimum Gasteiger partial charge on any atom is -0.480 e. The third-order valence-corrected chi connectivity index (χ3v) is 3.31. The Labute approximate surface area is 131 Å². The summed E-state index contributed by atoms with van der Waals surface area (Å²) in [4.78, 5) is 26.7. The monoisotopic (exact) mass is 313 g/mol. The van der Waals surface area contributed by atoms with Gasteiger partial charge in [-0.05, 0) is 6.07 Å². The van der Waals surface area contributed by atoms with E-state index in [0.29, 0.717) is 13.1 Å². The van der Waals surface area contributed by atoms with Crippen LogP contribution in [0.1, 0.15) is 0 Å². The topological polar surface area (TPSA) is 102 Å². The Morgan fingerprint density at radius 1 is 1.30 bits per heavy atom. The van der Waals surface area contributed by atoms with Crippen molar-refractivity contribution in [2.75, 3.05) is 11.9 Å². The van der Waals surface area contributed by atoms with Gasteiger partial charge < -0.3 is 10.4 Å². The molecule has 0 aliphatic rings. The molecule has 0 atom stereocenters. The molecular formula is C15H15N5O3. The number of carboxylic acids is 1. The fourth-order valence-electron chi connectivity index (χ4n) is 2.26. The summed E-state index contributed by atoms with van der Waals surface area (Å²) in [6.07, 6.45) is 4.68. The first-order valence-corrected chi connectivity index (χ1v) is 7.07. The standard InChI is InChI=1S/C15H15N5O3/c21-13(22)10-19-7-5-16-14(15(19)23)17-6-8-20-9-11-3-1-2-4-12(11)18-20/h1-5,7,9H,6,8,10H2,(H,16,17)(H,21,22). The normalized spacial score (nSPS) is 10.8. The Bertz CT molecular complexity index is 866. The third kappa shape index (κ3) is 3.37. The summed E-state index contributed by atoms with van der Waals surface area (Å²) in [5, 5.41) is 17.2. The van der Waals surface area contributed by atoms with Crippen molar-refractivity contribution < 1.29 is 9.90 Å². The van der Waals surface area contributed by atoms with Gasteiger partial charge in [0.25, 0.3) is 5.56 Å². The van der Waals surface area contributed by atoms with E-state index >= 15 is 0 Å². The van der Waals surface area contributed by atoms with Gasteiger partial charge in [0.15, 0.2) is 5.82 Å². The van der Waals surface area contributed by atoms with Crippen LogP contribution in [0.3, 0.4) is 0 Å². The van der Waals surface area contributed by atoms with Gasteiger partial charge in [-0.15, -0.1) is 0 Å². The predicted molar refractivity (Wildman–Crippen MR) is 84.4 cm³/mol. The van der Waals surface area contributed by atoms with Crippen LogP contribution in [0.4, 0.5) is 5.82 Å². The zero-order valence-electron chi connectivity index (χ0n) is 12.2. The number of nitrogens with one attached hydrogen (secondary N) is 1. The Balaban J connectivity index is 1.66. The molecule has 1 aromatic carbocycles. The van der Waals surface area contributed by atoms with Crippen LogP contribution < -0.4 is 10.9 Å². The van der Waals surface area contributed by atoms with Crippen molar-refractivity contribution in [3.8, 4) is 0 Å². The van der Waals surface area contributed by atoms with Crippen molar-refractivity contribution in [3.63, 3.8) is 0 Å². The van der Waals surface area contributed by atoms with Gasteiger partial charge in [0, 0.05) is 30.5 Å². The second-order valence-corrected chi connectivity index (χ2v) is 4.98. The van der Waals surface area contributed by atoms with Crippen LogP contribution in [0.15, 0.2) is 47.7 Å². The first kappa shape index (κ1) is 14.8. The number of hydrogen-bond donors (Lipinski definition) is 2. The second kappa shape index (κ2) is 6.30. The molecule has 0 fully saturated rings. The summed E-state index contributed by atoms with van der Waals surface area (Å²) >= 11 is 0. The highest BCUT2D eigenvalue weighted by Crippen LogP contribution is 2.10. The Morgan fingerprint density at radius 3 is 2.91 bits per heavy atom. The average Bonchev–Trinajstić information content (AvgIpc) is 2.93. The Hall–Kier alpha value is -3.16. The number of rotatable bonds is 6. The average molecular weight is 313 g/mol. The van der Waals surface area contributed by atoms with Crippen molar-refractivity contribution in [2.24, 2.45) is 0 Å². The molecule has 0 aliphatic heterocycles. The van der Waals surface area contributed by atoms with Gasteiger partial charge in [0.05, 0.1) is 12.1 Å². The van der Waals surface area contributed by atoms with Crippen LogP contribution in [0, 0.1) is 0 Å². The smallest absolute Gasteiger partial charge is 0.323 e. The number of aromatic nitrogens is 4. The lowest BCUT2D eigenvalue weighted by molar-refractivity contribution is -0.137. The molecule has 0 radical (unpaired) electrons. The summed E-state index contributed by atoms with van der Waals surface area (Å²) in [5.41, 5.74) is 0.453. The molecule has 3 aromatic rings. The maximum absolute atomic E-state index is 12.0. The number of aliphatic carboxylic acids is 1. The van der Waals surface area contributed by atoms with Gasteiger partial charge in [-0.1, -0.05) is 18.2 Å². The number of hydrogen-bond acceptors (Lipinski definition) is 5. The van der Waals surface area contributed by atoms with Gasteiger partial charge >= 0.3 is 5.97 Å².